The van der Waals surface area contributed by atoms with Crippen molar-refractivity contribution in [2.24, 2.45) is 11.8 Å². The normalized spacial score (nSPS) is 26.9. The summed E-state index contributed by atoms with van der Waals surface area (Å²) in [5.74, 6) is 1.47. The lowest BCUT2D eigenvalue weighted by Gasteiger charge is -2.41. The molecule has 25 heavy (non-hydrogen) atoms. The van der Waals surface area contributed by atoms with Gasteiger partial charge in [-0.25, -0.2) is 0 Å². The number of piperazine rings is 1. The minimum Gasteiger partial charge on any atom is -0.352 e. The maximum Gasteiger partial charge on any atom is 0.239 e. The molecule has 2 aliphatic heterocycles. The van der Waals surface area contributed by atoms with Crippen LogP contribution in [0.5, 0.6) is 0 Å². The van der Waals surface area contributed by atoms with Crippen molar-refractivity contribution in [1.82, 2.24) is 20.0 Å². The van der Waals surface area contributed by atoms with E-state index in [-0.39, 0.29) is 17.9 Å². The molecule has 2 heterocycles. The number of carbonyl (C=O) groups excluding carboxylic acids is 2. The van der Waals surface area contributed by atoms with E-state index in [0.29, 0.717) is 24.9 Å². The lowest BCUT2D eigenvalue weighted by atomic mass is 9.91. The number of carbonyl (C=O) groups is 2. The smallest absolute Gasteiger partial charge is 0.239 e. The van der Waals surface area contributed by atoms with Gasteiger partial charge in [0, 0.05) is 45.8 Å². The second-order valence-corrected chi connectivity index (χ2v) is 7.77. The molecule has 0 aromatic carbocycles. The van der Waals surface area contributed by atoms with E-state index in [1.807, 2.05) is 6.92 Å². The molecule has 142 valence electrons. The number of nitrogens with zero attached hydrogens (tertiary/aromatic N) is 3. The summed E-state index contributed by atoms with van der Waals surface area (Å²) in [7, 11) is 0. The summed E-state index contributed by atoms with van der Waals surface area (Å²) < 4.78 is 0. The molecule has 2 rings (SSSR count). The SMILES string of the molecule is C=CCNC(=O)CN1CCN(C(C)C(=O)N2CC(C)CC(C)C2)CC1. The van der Waals surface area contributed by atoms with Crippen molar-refractivity contribution in [3.05, 3.63) is 12.7 Å². The van der Waals surface area contributed by atoms with E-state index in [9.17, 15) is 9.59 Å². The standard InChI is InChI=1S/C19H34N4O2/c1-5-6-20-18(24)14-21-7-9-22(10-8-21)17(4)19(25)23-12-15(2)11-16(3)13-23/h5,15-17H,1,6-14H2,2-4H3,(H,20,24). The van der Waals surface area contributed by atoms with E-state index >= 15 is 0 Å². The second kappa shape index (κ2) is 9.34. The third kappa shape index (κ3) is 5.82. The van der Waals surface area contributed by atoms with Crippen molar-refractivity contribution >= 4 is 11.8 Å². The van der Waals surface area contributed by atoms with Crippen molar-refractivity contribution in [1.29, 1.82) is 0 Å². The number of rotatable bonds is 6. The summed E-state index contributed by atoms with van der Waals surface area (Å²) >= 11 is 0. The number of likely N-dealkylation sites (tertiary alicyclic amines) is 1. The van der Waals surface area contributed by atoms with Crippen molar-refractivity contribution in [2.75, 3.05) is 52.4 Å². The Hall–Kier alpha value is -1.40. The fourth-order valence-corrected chi connectivity index (χ4v) is 4.02. The van der Waals surface area contributed by atoms with E-state index < -0.39 is 0 Å². The predicted octanol–water partition coefficient (Wildman–Crippen LogP) is 0.799. The molecule has 2 aliphatic rings. The minimum absolute atomic E-state index is 0.0359. The zero-order chi connectivity index (χ0) is 18.4. The number of hydrogen-bond donors (Lipinski definition) is 1. The van der Waals surface area contributed by atoms with Gasteiger partial charge in [-0.2, -0.15) is 0 Å². The summed E-state index contributed by atoms with van der Waals surface area (Å²) in [6.07, 6.45) is 2.90. The van der Waals surface area contributed by atoms with Crippen molar-refractivity contribution in [3.63, 3.8) is 0 Å². The van der Waals surface area contributed by atoms with Crippen LogP contribution >= 0.6 is 0 Å². The number of nitrogens with one attached hydrogen (secondary N) is 1. The monoisotopic (exact) mass is 350 g/mol. The Morgan fingerprint density at radius 1 is 1.16 bits per heavy atom. The van der Waals surface area contributed by atoms with E-state index in [1.54, 1.807) is 6.08 Å². The molecule has 2 saturated heterocycles. The fraction of sp³-hybridized carbons (Fsp3) is 0.789. The zero-order valence-electron chi connectivity index (χ0n) is 16.0. The lowest BCUT2D eigenvalue weighted by molar-refractivity contribution is -0.140. The first-order valence-corrected chi connectivity index (χ1v) is 9.53. The first-order valence-electron chi connectivity index (χ1n) is 9.53. The Labute approximate surface area is 152 Å². The average molecular weight is 351 g/mol. The summed E-state index contributed by atoms with van der Waals surface area (Å²) in [5.41, 5.74) is 0. The third-order valence-electron chi connectivity index (χ3n) is 5.30. The minimum atomic E-state index is -0.0748. The Bertz CT molecular complexity index is 464. The van der Waals surface area contributed by atoms with Gasteiger partial charge in [0.2, 0.25) is 11.8 Å². The van der Waals surface area contributed by atoms with Crippen LogP contribution in [0.4, 0.5) is 0 Å². The molecular weight excluding hydrogens is 316 g/mol. The Morgan fingerprint density at radius 3 is 2.32 bits per heavy atom. The maximum absolute atomic E-state index is 12.9. The summed E-state index contributed by atoms with van der Waals surface area (Å²) in [6.45, 7) is 16.1. The van der Waals surface area contributed by atoms with Gasteiger partial charge in [0.1, 0.15) is 0 Å². The molecule has 0 aliphatic carbocycles. The van der Waals surface area contributed by atoms with E-state index in [0.717, 1.165) is 39.3 Å². The van der Waals surface area contributed by atoms with Crippen LogP contribution in [-0.2, 0) is 9.59 Å². The molecule has 6 heteroatoms. The predicted molar refractivity (Wildman–Crippen MR) is 100 cm³/mol. The van der Waals surface area contributed by atoms with E-state index in [1.165, 1.54) is 6.42 Å². The van der Waals surface area contributed by atoms with E-state index in [4.69, 9.17) is 0 Å². The third-order valence-corrected chi connectivity index (χ3v) is 5.30. The van der Waals surface area contributed by atoms with Gasteiger partial charge in [-0.3, -0.25) is 19.4 Å². The van der Waals surface area contributed by atoms with E-state index in [2.05, 4.69) is 40.4 Å². The number of piperidine rings is 1. The van der Waals surface area contributed by atoms with Gasteiger partial charge in [-0.1, -0.05) is 19.9 Å². The fourth-order valence-electron chi connectivity index (χ4n) is 4.02. The molecule has 0 spiro atoms. The molecular formula is C19H34N4O2. The zero-order valence-corrected chi connectivity index (χ0v) is 16.0. The van der Waals surface area contributed by atoms with Crippen LogP contribution in [0.25, 0.3) is 0 Å². The van der Waals surface area contributed by atoms with Gasteiger partial charge in [0.25, 0.3) is 0 Å². The van der Waals surface area contributed by atoms with Crippen molar-refractivity contribution in [3.8, 4) is 0 Å². The average Bonchev–Trinajstić information content (AvgIpc) is 2.58. The van der Waals surface area contributed by atoms with Crippen molar-refractivity contribution in [2.45, 2.75) is 33.2 Å². The Morgan fingerprint density at radius 2 is 1.76 bits per heavy atom. The van der Waals surface area contributed by atoms with Crippen LogP contribution in [0.3, 0.4) is 0 Å². The topological polar surface area (TPSA) is 55.9 Å². The summed E-state index contributed by atoms with van der Waals surface area (Å²) in [4.78, 5) is 31.1. The van der Waals surface area contributed by atoms with Gasteiger partial charge in [0.15, 0.2) is 0 Å². The van der Waals surface area contributed by atoms with Gasteiger partial charge in [-0.05, 0) is 25.2 Å². The highest BCUT2D eigenvalue weighted by atomic mass is 16.2. The molecule has 6 nitrogen and oxygen atoms in total. The van der Waals surface area contributed by atoms with Gasteiger partial charge in [-0.15, -0.1) is 6.58 Å². The molecule has 2 fully saturated rings. The van der Waals surface area contributed by atoms with Crippen LogP contribution in [0.1, 0.15) is 27.2 Å². The molecule has 3 unspecified atom stereocenters. The molecule has 0 aromatic rings. The molecule has 3 atom stereocenters. The van der Waals surface area contributed by atoms with Gasteiger partial charge < -0.3 is 10.2 Å². The highest BCUT2D eigenvalue weighted by Gasteiger charge is 2.32. The lowest BCUT2D eigenvalue weighted by Crippen LogP contribution is -2.57. The largest absolute Gasteiger partial charge is 0.352 e. The molecule has 0 aromatic heterocycles. The van der Waals surface area contributed by atoms with Crippen molar-refractivity contribution < 1.29 is 9.59 Å². The molecule has 0 radical (unpaired) electrons. The van der Waals surface area contributed by atoms with Crippen LogP contribution in [0, 0.1) is 11.8 Å². The van der Waals surface area contributed by atoms with Crippen LogP contribution in [0.2, 0.25) is 0 Å². The molecule has 0 bridgehead atoms. The number of amides is 2. The highest BCUT2D eigenvalue weighted by Crippen LogP contribution is 2.22. The van der Waals surface area contributed by atoms with Crippen LogP contribution in [-0.4, -0.2) is 84.9 Å². The van der Waals surface area contributed by atoms with Crippen LogP contribution in [0.15, 0.2) is 12.7 Å². The maximum atomic E-state index is 12.9. The molecule has 2 amide bonds. The first-order chi connectivity index (χ1) is 11.9. The first kappa shape index (κ1) is 19.9. The summed E-state index contributed by atoms with van der Waals surface area (Å²) in [5, 5.41) is 2.81. The highest BCUT2D eigenvalue weighted by molar-refractivity contribution is 5.81. The van der Waals surface area contributed by atoms with Gasteiger partial charge >= 0.3 is 0 Å². The Kier molecular flexibility index (Phi) is 7.44. The summed E-state index contributed by atoms with van der Waals surface area (Å²) in [6, 6.07) is -0.0748. The molecule has 1 N–H and O–H groups in total. The van der Waals surface area contributed by atoms with Crippen LogP contribution < -0.4 is 5.32 Å². The Balaban J connectivity index is 1.78. The quantitative estimate of drug-likeness (QED) is 0.720. The van der Waals surface area contributed by atoms with Gasteiger partial charge in [0.05, 0.1) is 12.6 Å². The molecule has 0 saturated carbocycles. The number of hydrogen-bond acceptors (Lipinski definition) is 4. The second-order valence-electron chi connectivity index (χ2n) is 7.77.